The number of Topliss-reactive ketones (excluding diaryl/α,β-unsaturated/α-hetero) is 2. The highest BCUT2D eigenvalue weighted by Crippen LogP contribution is 2.10. The molecule has 26 heavy (non-hydrogen) atoms. The maximum Gasteiger partial charge on any atom is 0.155 e. The molecule has 0 saturated carbocycles. The Kier molecular flexibility index (Phi) is 8.44. The van der Waals surface area contributed by atoms with E-state index >= 15 is 0 Å². The van der Waals surface area contributed by atoms with Gasteiger partial charge in [0.25, 0.3) is 0 Å². The van der Waals surface area contributed by atoms with Gasteiger partial charge in [-0.25, -0.2) is 0 Å². The molecule has 0 heterocycles. The van der Waals surface area contributed by atoms with Crippen molar-refractivity contribution in [2.75, 3.05) is 0 Å². The molecule has 0 spiro atoms. The van der Waals surface area contributed by atoms with E-state index in [0.717, 1.165) is 22.3 Å². The van der Waals surface area contributed by atoms with Crippen molar-refractivity contribution in [1.29, 1.82) is 0 Å². The zero-order chi connectivity index (χ0) is 19.7. The van der Waals surface area contributed by atoms with Crippen molar-refractivity contribution in [1.82, 2.24) is 0 Å². The molecule has 0 amide bonds. The number of hydrogen-bond acceptors (Lipinski definition) is 2. The summed E-state index contributed by atoms with van der Waals surface area (Å²) in [5.41, 5.74) is 6.20. The highest BCUT2D eigenvalue weighted by Gasteiger charge is 1.97. The number of allylic oxidation sites excluding steroid dienone is 2. The van der Waals surface area contributed by atoms with Gasteiger partial charge < -0.3 is 0 Å². The summed E-state index contributed by atoms with van der Waals surface area (Å²) < 4.78 is 0. The van der Waals surface area contributed by atoms with E-state index in [1.807, 2.05) is 76.2 Å². The fraction of sp³-hybridized carbons (Fsp3) is 0.250. The van der Waals surface area contributed by atoms with Crippen molar-refractivity contribution in [3.8, 4) is 0 Å². The zero-order valence-electron chi connectivity index (χ0n) is 16.6. The van der Waals surface area contributed by atoms with Gasteiger partial charge in [-0.05, 0) is 76.0 Å². The van der Waals surface area contributed by atoms with Crippen LogP contribution in [0.5, 0.6) is 0 Å². The molecule has 2 aromatic rings. The average molecular weight is 348 g/mol. The third-order valence-electron chi connectivity index (χ3n) is 3.96. The first-order valence-electron chi connectivity index (χ1n) is 8.71. The Morgan fingerprint density at radius 3 is 1.27 bits per heavy atom. The number of ketones is 2. The molecule has 0 aliphatic heterocycles. The lowest BCUT2D eigenvalue weighted by Gasteiger charge is -1.97. The molecule has 0 atom stereocenters. The third kappa shape index (κ3) is 7.89. The van der Waals surface area contributed by atoms with Crippen LogP contribution in [0.2, 0.25) is 0 Å². The van der Waals surface area contributed by atoms with Gasteiger partial charge in [0.1, 0.15) is 0 Å². The first kappa shape index (κ1) is 21.3. The molecule has 0 saturated heterocycles. The van der Waals surface area contributed by atoms with E-state index in [2.05, 4.69) is 12.1 Å². The molecule has 0 N–H and O–H groups in total. The molecule has 2 aromatic carbocycles. The summed E-state index contributed by atoms with van der Waals surface area (Å²) in [7, 11) is 0. The quantitative estimate of drug-likeness (QED) is 0.637. The second-order valence-corrected chi connectivity index (χ2v) is 6.60. The monoisotopic (exact) mass is 348 g/mol. The standard InChI is InChI=1S/2C12H14O/c2*1-9-5-4-6-12(7-9)8-10(2)11(3)13/h2*4-8H,1-3H3/b2*10-8+. The number of carbonyl (C=O) groups excluding carboxylic acids is 2. The number of carbonyl (C=O) groups is 2. The highest BCUT2D eigenvalue weighted by atomic mass is 16.1. The summed E-state index contributed by atoms with van der Waals surface area (Å²) in [6.45, 7) is 10.9. The fourth-order valence-electron chi connectivity index (χ4n) is 2.22. The molecule has 2 nitrogen and oxygen atoms in total. The number of rotatable bonds is 4. The van der Waals surface area contributed by atoms with Crippen LogP contribution in [0, 0.1) is 13.8 Å². The van der Waals surface area contributed by atoms with E-state index < -0.39 is 0 Å². The molecular formula is C24H28O2. The molecule has 0 radical (unpaired) electrons. The van der Waals surface area contributed by atoms with Crippen LogP contribution in [-0.4, -0.2) is 11.6 Å². The lowest BCUT2D eigenvalue weighted by Crippen LogP contribution is -1.90. The fourth-order valence-corrected chi connectivity index (χ4v) is 2.22. The topological polar surface area (TPSA) is 34.1 Å². The Bertz CT molecular complexity index is 767. The molecule has 0 aromatic heterocycles. The van der Waals surface area contributed by atoms with Gasteiger partial charge in [0.15, 0.2) is 11.6 Å². The van der Waals surface area contributed by atoms with Crippen molar-refractivity contribution >= 4 is 23.7 Å². The van der Waals surface area contributed by atoms with Crippen LogP contribution < -0.4 is 0 Å². The molecular weight excluding hydrogens is 320 g/mol. The van der Waals surface area contributed by atoms with Gasteiger partial charge in [-0.3, -0.25) is 9.59 Å². The van der Waals surface area contributed by atoms with Crippen LogP contribution in [0.4, 0.5) is 0 Å². The lowest BCUT2D eigenvalue weighted by atomic mass is 10.1. The molecule has 0 unspecified atom stereocenters. The minimum atomic E-state index is 0.126. The van der Waals surface area contributed by atoms with Crippen molar-refractivity contribution < 1.29 is 9.59 Å². The summed E-state index contributed by atoms with van der Waals surface area (Å²) in [5, 5.41) is 0. The number of aryl methyl sites for hydroxylation is 2. The summed E-state index contributed by atoms with van der Waals surface area (Å²) in [6.07, 6.45) is 3.82. The van der Waals surface area contributed by atoms with E-state index in [1.54, 1.807) is 13.8 Å². The van der Waals surface area contributed by atoms with Crippen LogP contribution in [0.15, 0.2) is 59.7 Å². The Labute approximate surface area is 157 Å². The Balaban J connectivity index is 0.000000260. The predicted octanol–water partition coefficient (Wildman–Crippen LogP) is 5.97. The minimum Gasteiger partial charge on any atom is -0.295 e. The predicted molar refractivity (Wildman–Crippen MR) is 111 cm³/mol. The lowest BCUT2D eigenvalue weighted by molar-refractivity contribution is -0.114. The van der Waals surface area contributed by atoms with Crippen molar-refractivity contribution in [2.24, 2.45) is 0 Å². The van der Waals surface area contributed by atoms with Gasteiger partial charge in [0, 0.05) is 0 Å². The normalized spacial score (nSPS) is 11.5. The zero-order valence-corrected chi connectivity index (χ0v) is 16.6. The van der Waals surface area contributed by atoms with Crippen LogP contribution in [0.3, 0.4) is 0 Å². The Hall–Kier alpha value is -2.74. The van der Waals surface area contributed by atoms with Gasteiger partial charge in [0.2, 0.25) is 0 Å². The smallest absolute Gasteiger partial charge is 0.155 e. The van der Waals surface area contributed by atoms with Crippen molar-refractivity contribution in [3.63, 3.8) is 0 Å². The molecule has 0 aliphatic carbocycles. The van der Waals surface area contributed by atoms with Gasteiger partial charge in [0.05, 0.1) is 0 Å². The van der Waals surface area contributed by atoms with E-state index in [1.165, 1.54) is 11.1 Å². The largest absolute Gasteiger partial charge is 0.295 e. The molecule has 136 valence electrons. The van der Waals surface area contributed by atoms with Gasteiger partial charge in [-0.2, -0.15) is 0 Å². The second kappa shape index (κ2) is 10.3. The van der Waals surface area contributed by atoms with Crippen LogP contribution in [-0.2, 0) is 9.59 Å². The minimum absolute atomic E-state index is 0.126. The molecule has 2 rings (SSSR count). The first-order valence-corrected chi connectivity index (χ1v) is 8.71. The van der Waals surface area contributed by atoms with E-state index in [4.69, 9.17) is 0 Å². The molecule has 0 bridgehead atoms. The van der Waals surface area contributed by atoms with Crippen LogP contribution >= 0.6 is 0 Å². The van der Waals surface area contributed by atoms with E-state index in [9.17, 15) is 9.59 Å². The van der Waals surface area contributed by atoms with Crippen LogP contribution in [0.1, 0.15) is 49.9 Å². The summed E-state index contributed by atoms with van der Waals surface area (Å²) in [4.78, 5) is 21.9. The number of benzene rings is 2. The number of hydrogen-bond donors (Lipinski definition) is 0. The second-order valence-electron chi connectivity index (χ2n) is 6.60. The van der Waals surface area contributed by atoms with Gasteiger partial charge in [-0.15, -0.1) is 0 Å². The SMILES string of the molecule is CC(=O)/C(C)=C/c1cccc(C)c1.CC(=O)/C(C)=C/c1cccc(C)c1. The average Bonchev–Trinajstić information content (AvgIpc) is 2.55. The molecule has 0 aliphatic rings. The third-order valence-corrected chi connectivity index (χ3v) is 3.96. The van der Waals surface area contributed by atoms with E-state index in [-0.39, 0.29) is 11.6 Å². The van der Waals surface area contributed by atoms with Gasteiger partial charge >= 0.3 is 0 Å². The van der Waals surface area contributed by atoms with Gasteiger partial charge in [-0.1, -0.05) is 59.7 Å². The Morgan fingerprint density at radius 1 is 0.654 bits per heavy atom. The van der Waals surface area contributed by atoms with E-state index in [0.29, 0.717) is 0 Å². The van der Waals surface area contributed by atoms with Crippen molar-refractivity contribution in [2.45, 2.75) is 41.5 Å². The molecule has 0 fully saturated rings. The summed E-state index contributed by atoms with van der Waals surface area (Å²) in [5.74, 6) is 0.253. The first-order chi connectivity index (χ1) is 12.2. The van der Waals surface area contributed by atoms with Crippen LogP contribution in [0.25, 0.3) is 12.2 Å². The maximum atomic E-state index is 11.0. The maximum absolute atomic E-state index is 11.0. The Morgan fingerprint density at radius 2 is 1.00 bits per heavy atom. The summed E-state index contributed by atoms with van der Waals surface area (Å²) >= 11 is 0. The van der Waals surface area contributed by atoms with Crippen molar-refractivity contribution in [3.05, 3.63) is 81.9 Å². The highest BCUT2D eigenvalue weighted by molar-refractivity contribution is 5.97. The molecule has 2 heteroatoms. The summed E-state index contributed by atoms with van der Waals surface area (Å²) in [6, 6.07) is 16.2.